The lowest BCUT2D eigenvalue weighted by Gasteiger charge is -2.32. The lowest BCUT2D eigenvalue weighted by atomic mass is 10.1. The van der Waals surface area contributed by atoms with E-state index in [0.29, 0.717) is 36.8 Å². The Bertz CT molecular complexity index is 476. The second-order valence-electron chi connectivity index (χ2n) is 4.54. The smallest absolute Gasteiger partial charge is 0.339 e. The molecule has 0 aromatic carbocycles. The molecule has 0 spiro atoms. The maximum Gasteiger partial charge on any atom is 0.339 e. The summed E-state index contributed by atoms with van der Waals surface area (Å²) in [6, 6.07) is 0. The highest BCUT2D eigenvalue weighted by atomic mass is 16.5. The normalized spacial score (nSPS) is 19.9. The van der Waals surface area contributed by atoms with Gasteiger partial charge in [0.05, 0.1) is 18.4 Å². The highest BCUT2D eigenvalue weighted by Crippen LogP contribution is 2.23. The third kappa shape index (κ3) is 2.28. The molecule has 2 rings (SSSR count). The van der Waals surface area contributed by atoms with E-state index in [9.17, 15) is 9.90 Å². The molecule has 0 amide bonds. The zero-order valence-electron chi connectivity index (χ0n) is 10.8. The second-order valence-corrected chi connectivity index (χ2v) is 4.54. The molecule has 1 aromatic heterocycles. The number of anilines is 1. The molecular weight excluding hydrogens is 234 g/mol. The molecule has 6 heteroatoms. The number of carbonyl (C=O) groups is 1. The molecule has 2 heterocycles. The molecule has 6 nitrogen and oxygen atoms in total. The van der Waals surface area contributed by atoms with Crippen molar-refractivity contribution in [2.75, 3.05) is 24.6 Å². The average Bonchev–Trinajstić information content (AvgIpc) is 2.32. The number of hydrogen-bond donors (Lipinski definition) is 1. The van der Waals surface area contributed by atoms with E-state index < -0.39 is 5.97 Å². The summed E-state index contributed by atoms with van der Waals surface area (Å²) in [5.41, 5.74) is 1.57. The molecule has 18 heavy (non-hydrogen) atoms. The second kappa shape index (κ2) is 4.89. The Morgan fingerprint density at radius 3 is 2.78 bits per heavy atom. The lowest BCUT2D eigenvalue weighted by Crippen LogP contribution is -2.42. The Morgan fingerprint density at radius 2 is 2.17 bits per heavy atom. The Hall–Kier alpha value is -1.69. The number of aromatic carboxylic acids is 1. The van der Waals surface area contributed by atoms with E-state index in [1.165, 1.54) is 0 Å². The van der Waals surface area contributed by atoms with Gasteiger partial charge in [0, 0.05) is 13.1 Å². The van der Waals surface area contributed by atoms with Crippen LogP contribution in [0.4, 0.5) is 5.82 Å². The minimum Gasteiger partial charge on any atom is -0.478 e. The minimum absolute atomic E-state index is 0.0730. The maximum atomic E-state index is 11.4. The van der Waals surface area contributed by atoms with Gasteiger partial charge in [-0.05, 0) is 26.3 Å². The van der Waals surface area contributed by atoms with E-state index in [2.05, 4.69) is 10.2 Å². The van der Waals surface area contributed by atoms with Gasteiger partial charge in [-0.1, -0.05) is 0 Å². The number of carboxylic acids is 1. The largest absolute Gasteiger partial charge is 0.478 e. The highest BCUT2D eigenvalue weighted by Gasteiger charge is 2.25. The molecule has 1 unspecified atom stereocenters. The van der Waals surface area contributed by atoms with Crippen molar-refractivity contribution in [1.29, 1.82) is 0 Å². The average molecular weight is 251 g/mol. The van der Waals surface area contributed by atoms with Crippen LogP contribution in [0.15, 0.2) is 0 Å². The van der Waals surface area contributed by atoms with Crippen LogP contribution in [-0.2, 0) is 4.74 Å². The van der Waals surface area contributed by atoms with Gasteiger partial charge in [-0.25, -0.2) is 4.79 Å². The van der Waals surface area contributed by atoms with Crippen LogP contribution in [0.1, 0.15) is 28.5 Å². The fourth-order valence-electron chi connectivity index (χ4n) is 2.08. The van der Waals surface area contributed by atoms with Gasteiger partial charge in [0.15, 0.2) is 5.82 Å². The van der Waals surface area contributed by atoms with Crippen molar-refractivity contribution in [3.63, 3.8) is 0 Å². The van der Waals surface area contributed by atoms with Gasteiger partial charge in [0.2, 0.25) is 0 Å². The molecule has 1 fully saturated rings. The Balaban J connectivity index is 2.43. The van der Waals surface area contributed by atoms with E-state index >= 15 is 0 Å². The summed E-state index contributed by atoms with van der Waals surface area (Å²) in [5, 5.41) is 17.4. The molecular formula is C12H17N3O3. The number of rotatable bonds is 2. The van der Waals surface area contributed by atoms with Crippen molar-refractivity contribution in [1.82, 2.24) is 10.2 Å². The van der Waals surface area contributed by atoms with Crippen LogP contribution < -0.4 is 4.90 Å². The first-order valence-corrected chi connectivity index (χ1v) is 5.94. The van der Waals surface area contributed by atoms with Gasteiger partial charge in [0.1, 0.15) is 5.56 Å². The molecule has 0 saturated carbocycles. The quantitative estimate of drug-likeness (QED) is 0.845. The van der Waals surface area contributed by atoms with E-state index in [4.69, 9.17) is 4.74 Å². The van der Waals surface area contributed by atoms with Gasteiger partial charge in [0.25, 0.3) is 0 Å². The maximum absolute atomic E-state index is 11.4. The Labute approximate surface area is 106 Å². The molecule has 1 aliphatic heterocycles. The van der Waals surface area contributed by atoms with Crippen LogP contribution in [0.3, 0.4) is 0 Å². The third-order valence-electron chi connectivity index (χ3n) is 3.19. The van der Waals surface area contributed by atoms with Crippen LogP contribution in [0.25, 0.3) is 0 Å². The molecule has 0 bridgehead atoms. The van der Waals surface area contributed by atoms with E-state index in [-0.39, 0.29) is 11.7 Å². The van der Waals surface area contributed by atoms with Gasteiger partial charge < -0.3 is 14.7 Å². The first-order chi connectivity index (χ1) is 8.50. The Morgan fingerprint density at radius 1 is 1.44 bits per heavy atom. The monoisotopic (exact) mass is 251 g/mol. The summed E-state index contributed by atoms with van der Waals surface area (Å²) < 4.78 is 5.45. The number of morpholine rings is 1. The molecule has 0 radical (unpaired) electrons. The number of aromatic nitrogens is 2. The Kier molecular flexibility index (Phi) is 3.47. The molecule has 1 atom stereocenters. The van der Waals surface area contributed by atoms with Crippen molar-refractivity contribution in [3.8, 4) is 0 Å². The van der Waals surface area contributed by atoms with Crippen molar-refractivity contribution < 1.29 is 14.6 Å². The number of carboxylic acid groups (broad SMARTS) is 1. The van der Waals surface area contributed by atoms with Crippen LogP contribution >= 0.6 is 0 Å². The highest BCUT2D eigenvalue weighted by molar-refractivity contribution is 5.95. The van der Waals surface area contributed by atoms with E-state index in [1.54, 1.807) is 13.8 Å². The standard InChI is InChI=1S/C12H17N3O3/c1-7-6-15(4-5-18-7)11-10(12(16)17)8(2)9(3)13-14-11/h7H,4-6H2,1-3H3,(H,16,17). The number of nitrogens with zero attached hydrogens (tertiary/aromatic N) is 3. The predicted molar refractivity (Wildman–Crippen MR) is 66.1 cm³/mol. The molecule has 1 aliphatic rings. The first-order valence-electron chi connectivity index (χ1n) is 5.94. The number of ether oxygens (including phenoxy) is 1. The van der Waals surface area contributed by atoms with Crippen LogP contribution in [0.5, 0.6) is 0 Å². The topological polar surface area (TPSA) is 75.5 Å². The fourth-order valence-corrected chi connectivity index (χ4v) is 2.08. The third-order valence-corrected chi connectivity index (χ3v) is 3.19. The summed E-state index contributed by atoms with van der Waals surface area (Å²) in [6.07, 6.45) is 0.0730. The minimum atomic E-state index is -0.959. The summed E-state index contributed by atoms with van der Waals surface area (Å²) in [5.74, 6) is -0.514. The van der Waals surface area contributed by atoms with E-state index in [1.807, 2.05) is 11.8 Å². The SMILES string of the molecule is Cc1nnc(N2CCOC(C)C2)c(C(=O)O)c1C. The van der Waals surface area contributed by atoms with Gasteiger partial charge in [-0.2, -0.15) is 5.10 Å². The van der Waals surface area contributed by atoms with Crippen LogP contribution in [-0.4, -0.2) is 47.1 Å². The summed E-state index contributed by atoms with van der Waals surface area (Å²) in [4.78, 5) is 13.3. The zero-order chi connectivity index (χ0) is 13.3. The van der Waals surface area contributed by atoms with Crippen molar-refractivity contribution in [3.05, 3.63) is 16.8 Å². The van der Waals surface area contributed by atoms with Crippen LogP contribution in [0.2, 0.25) is 0 Å². The lowest BCUT2D eigenvalue weighted by molar-refractivity contribution is 0.0524. The van der Waals surface area contributed by atoms with Crippen molar-refractivity contribution in [2.45, 2.75) is 26.9 Å². The summed E-state index contributed by atoms with van der Waals surface area (Å²) >= 11 is 0. The molecule has 0 aliphatic carbocycles. The summed E-state index contributed by atoms with van der Waals surface area (Å²) in [6.45, 7) is 7.34. The van der Waals surface area contributed by atoms with Crippen LogP contribution in [0, 0.1) is 13.8 Å². The number of aryl methyl sites for hydroxylation is 1. The first kappa shape index (κ1) is 12.8. The van der Waals surface area contributed by atoms with Gasteiger partial charge in [-0.15, -0.1) is 5.10 Å². The summed E-state index contributed by atoms with van der Waals surface area (Å²) in [7, 11) is 0. The van der Waals surface area contributed by atoms with Crippen molar-refractivity contribution >= 4 is 11.8 Å². The predicted octanol–water partition coefficient (Wildman–Crippen LogP) is 1.02. The van der Waals surface area contributed by atoms with E-state index in [0.717, 1.165) is 0 Å². The van der Waals surface area contributed by atoms with Gasteiger partial charge in [-0.3, -0.25) is 0 Å². The fraction of sp³-hybridized carbons (Fsp3) is 0.583. The van der Waals surface area contributed by atoms with Crippen molar-refractivity contribution in [2.24, 2.45) is 0 Å². The molecule has 1 saturated heterocycles. The number of hydrogen-bond acceptors (Lipinski definition) is 5. The molecule has 98 valence electrons. The molecule has 1 N–H and O–H groups in total. The molecule has 1 aromatic rings. The zero-order valence-corrected chi connectivity index (χ0v) is 10.8. The van der Waals surface area contributed by atoms with Gasteiger partial charge >= 0.3 is 5.97 Å².